The van der Waals surface area contributed by atoms with Gasteiger partial charge in [0.05, 0.1) is 10.5 Å². The highest BCUT2D eigenvalue weighted by atomic mass is 16.6. The van der Waals surface area contributed by atoms with Crippen molar-refractivity contribution in [1.29, 1.82) is 5.26 Å². The second-order valence-corrected chi connectivity index (χ2v) is 3.67. The van der Waals surface area contributed by atoms with Gasteiger partial charge in [0.1, 0.15) is 6.07 Å². The van der Waals surface area contributed by atoms with Crippen molar-refractivity contribution in [3.05, 3.63) is 58.0 Å². The van der Waals surface area contributed by atoms with Gasteiger partial charge < -0.3 is 5.32 Å². The van der Waals surface area contributed by atoms with Crippen LogP contribution in [-0.4, -0.2) is 14.9 Å². The quantitative estimate of drug-likeness (QED) is 0.660. The number of hydrogen-bond acceptors (Lipinski definition) is 6. The molecule has 7 nitrogen and oxygen atoms in total. The Hall–Kier alpha value is -3.01. The Bertz CT molecular complexity index is 636. The topological polar surface area (TPSA) is 105 Å². The third-order valence-electron chi connectivity index (χ3n) is 2.40. The van der Waals surface area contributed by atoms with Crippen LogP contribution in [0.2, 0.25) is 0 Å². The summed E-state index contributed by atoms with van der Waals surface area (Å²) in [5.74, 6) is 0.140. The highest BCUT2D eigenvalue weighted by Crippen LogP contribution is 2.22. The number of rotatable bonds is 4. The van der Waals surface area contributed by atoms with Crippen LogP contribution in [0.15, 0.2) is 36.8 Å². The smallest absolute Gasteiger partial charge is 0.312 e. The Morgan fingerprint density at radius 1 is 1.42 bits per heavy atom. The number of nitro groups is 1. The summed E-state index contributed by atoms with van der Waals surface area (Å²) in [6.45, 7) is 0.391. The lowest BCUT2D eigenvalue weighted by Crippen LogP contribution is -2.05. The molecule has 0 amide bonds. The second-order valence-electron chi connectivity index (χ2n) is 3.67. The van der Waals surface area contributed by atoms with E-state index in [9.17, 15) is 10.1 Å². The van der Waals surface area contributed by atoms with E-state index in [1.54, 1.807) is 24.5 Å². The molecule has 2 rings (SSSR count). The van der Waals surface area contributed by atoms with Crippen LogP contribution in [0, 0.1) is 21.4 Å². The summed E-state index contributed by atoms with van der Waals surface area (Å²) >= 11 is 0. The Balaban J connectivity index is 2.21. The maximum absolute atomic E-state index is 10.9. The summed E-state index contributed by atoms with van der Waals surface area (Å²) in [6, 6.07) is 6.60. The molecule has 19 heavy (non-hydrogen) atoms. The zero-order valence-corrected chi connectivity index (χ0v) is 9.78. The molecule has 0 fully saturated rings. The lowest BCUT2D eigenvalue weighted by Gasteiger charge is -2.06. The van der Waals surface area contributed by atoms with E-state index in [4.69, 9.17) is 5.26 Å². The number of pyridine rings is 2. The van der Waals surface area contributed by atoms with Crippen LogP contribution >= 0.6 is 0 Å². The standard InChI is InChI=1S/C12H9N5O2/c13-6-10-5-11(17(18)19)12(16-8-10)15-7-9-1-3-14-4-2-9/h1-5,8H,7H2,(H,15,16). The van der Waals surface area contributed by atoms with E-state index in [1.165, 1.54) is 12.3 Å². The molecule has 1 N–H and O–H groups in total. The molecule has 2 aromatic heterocycles. The van der Waals surface area contributed by atoms with Crippen molar-refractivity contribution in [2.45, 2.75) is 6.54 Å². The molecule has 2 heterocycles. The molecular weight excluding hydrogens is 246 g/mol. The van der Waals surface area contributed by atoms with E-state index >= 15 is 0 Å². The van der Waals surface area contributed by atoms with Crippen LogP contribution in [0.25, 0.3) is 0 Å². The predicted octanol–water partition coefficient (Wildman–Crippen LogP) is 1.87. The van der Waals surface area contributed by atoms with E-state index in [1.807, 2.05) is 6.07 Å². The molecule has 0 aliphatic heterocycles. The SMILES string of the molecule is N#Cc1cnc(NCc2ccncc2)c([N+](=O)[O-])c1. The van der Waals surface area contributed by atoms with E-state index in [2.05, 4.69) is 15.3 Å². The molecule has 0 bridgehead atoms. The normalized spacial score (nSPS) is 9.63. The molecular formula is C12H9N5O2. The molecule has 0 aliphatic rings. The van der Waals surface area contributed by atoms with E-state index in [0.717, 1.165) is 5.56 Å². The average molecular weight is 255 g/mol. The Kier molecular flexibility index (Phi) is 3.64. The van der Waals surface area contributed by atoms with Crippen LogP contribution in [0.4, 0.5) is 11.5 Å². The fourth-order valence-electron chi connectivity index (χ4n) is 1.48. The number of hydrogen-bond donors (Lipinski definition) is 1. The van der Waals surface area contributed by atoms with E-state index in [0.29, 0.717) is 6.54 Å². The summed E-state index contributed by atoms with van der Waals surface area (Å²) < 4.78 is 0. The number of aromatic nitrogens is 2. The van der Waals surface area contributed by atoms with Gasteiger partial charge in [-0.15, -0.1) is 0 Å². The van der Waals surface area contributed by atoms with Gasteiger partial charge in [0.15, 0.2) is 0 Å². The van der Waals surface area contributed by atoms with Crippen molar-refractivity contribution in [3.63, 3.8) is 0 Å². The Morgan fingerprint density at radius 2 is 2.16 bits per heavy atom. The summed E-state index contributed by atoms with van der Waals surface area (Å²) in [7, 11) is 0. The van der Waals surface area contributed by atoms with Gasteiger partial charge >= 0.3 is 5.69 Å². The molecule has 2 aromatic rings. The first kappa shape index (κ1) is 12.4. The van der Waals surface area contributed by atoms with Crippen LogP contribution in [0.1, 0.15) is 11.1 Å². The fourth-order valence-corrected chi connectivity index (χ4v) is 1.48. The molecule has 0 atom stereocenters. The number of nitrogens with zero attached hydrogens (tertiary/aromatic N) is 4. The molecule has 94 valence electrons. The van der Waals surface area contributed by atoms with Gasteiger partial charge in [-0.3, -0.25) is 15.1 Å². The molecule has 0 unspecified atom stereocenters. The van der Waals surface area contributed by atoms with Crippen LogP contribution in [0.5, 0.6) is 0 Å². The fraction of sp³-hybridized carbons (Fsp3) is 0.0833. The third-order valence-corrected chi connectivity index (χ3v) is 2.40. The van der Waals surface area contributed by atoms with Crippen molar-refractivity contribution in [2.75, 3.05) is 5.32 Å². The minimum absolute atomic E-state index is 0.140. The van der Waals surface area contributed by atoms with E-state index in [-0.39, 0.29) is 17.1 Å². The zero-order valence-electron chi connectivity index (χ0n) is 9.78. The van der Waals surface area contributed by atoms with Crippen LogP contribution in [0.3, 0.4) is 0 Å². The first-order chi connectivity index (χ1) is 9.20. The van der Waals surface area contributed by atoms with Crippen molar-refractivity contribution in [2.24, 2.45) is 0 Å². The van der Waals surface area contributed by atoms with Gasteiger partial charge in [0, 0.05) is 31.2 Å². The Morgan fingerprint density at radius 3 is 2.79 bits per heavy atom. The van der Waals surface area contributed by atoms with Gasteiger partial charge in [0.25, 0.3) is 0 Å². The molecule has 0 saturated carbocycles. The summed E-state index contributed by atoms with van der Waals surface area (Å²) in [5, 5.41) is 22.5. The highest BCUT2D eigenvalue weighted by Gasteiger charge is 2.16. The monoisotopic (exact) mass is 255 g/mol. The molecule has 0 aliphatic carbocycles. The highest BCUT2D eigenvalue weighted by molar-refractivity contribution is 5.58. The summed E-state index contributed by atoms with van der Waals surface area (Å²) in [5.41, 5.74) is 0.865. The summed E-state index contributed by atoms with van der Waals surface area (Å²) in [4.78, 5) is 18.1. The van der Waals surface area contributed by atoms with Gasteiger partial charge in [-0.2, -0.15) is 5.26 Å². The first-order valence-corrected chi connectivity index (χ1v) is 5.38. The average Bonchev–Trinajstić information content (AvgIpc) is 2.46. The van der Waals surface area contributed by atoms with Crippen molar-refractivity contribution < 1.29 is 4.92 Å². The number of anilines is 1. The molecule has 0 aromatic carbocycles. The van der Waals surface area contributed by atoms with E-state index < -0.39 is 4.92 Å². The molecule has 7 heteroatoms. The molecule has 0 spiro atoms. The number of nitriles is 1. The second kappa shape index (κ2) is 5.55. The van der Waals surface area contributed by atoms with Crippen molar-refractivity contribution in [3.8, 4) is 6.07 Å². The third kappa shape index (κ3) is 3.01. The summed E-state index contributed by atoms with van der Waals surface area (Å²) in [6.07, 6.45) is 4.57. The number of nitrogens with one attached hydrogen (secondary N) is 1. The minimum Gasteiger partial charge on any atom is -0.360 e. The first-order valence-electron chi connectivity index (χ1n) is 5.38. The molecule has 0 radical (unpaired) electrons. The molecule has 0 saturated heterocycles. The van der Waals surface area contributed by atoms with Crippen LogP contribution < -0.4 is 5.32 Å². The van der Waals surface area contributed by atoms with Gasteiger partial charge in [-0.1, -0.05) is 0 Å². The van der Waals surface area contributed by atoms with Gasteiger partial charge in [-0.05, 0) is 17.7 Å². The maximum atomic E-state index is 10.9. The van der Waals surface area contributed by atoms with Crippen molar-refractivity contribution in [1.82, 2.24) is 9.97 Å². The largest absolute Gasteiger partial charge is 0.360 e. The van der Waals surface area contributed by atoms with Crippen LogP contribution in [-0.2, 0) is 6.54 Å². The lowest BCUT2D eigenvalue weighted by atomic mass is 10.2. The van der Waals surface area contributed by atoms with Crippen molar-refractivity contribution >= 4 is 11.5 Å². The Labute approximate surface area is 108 Å². The zero-order chi connectivity index (χ0) is 13.7. The minimum atomic E-state index is -0.567. The van der Waals surface area contributed by atoms with Gasteiger partial charge in [0.2, 0.25) is 5.82 Å². The van der Waals surface area contributed by atoms with Gasteiger partial charge in [-0.25, -0.2) is 4.98 Å². The maximum Gasteiger partial charge on any atom is 0.312 e. The lowest BCUT2D eigenvalue weighted by molar-refractivity contribution is -0.384. The predicted molar refractivity (Wildman–Crippen MR) is 67.2 cm³/mol.